The number of likely N-dealkylation sites (N-methyl/N-ethyl adjacent to an activating group) is 1. The Morgan fingerprint density at radius 3 is 2.19 bits per heavy atom. The highest BCUT2D eigenvalue weighted by molar-refractivity contribution is 7.99. The molecule has 0 bridgehead atoms. The maximum Gasteiger partial charge on any atom is 0.349 e. The third kappa shape index (κ3) is 11.8. The summed E-state index contributed by atoms with van der Waals surface area (Å²) in [6.45, 7) is 9.17. The van der Waals surface area contributed by atoms with Crippen molar-refractivity contribution in [1.82, 2.24) is 15.7 Å². The average Bonchev–Trinajstić information content (AvgIpc) is 2.79. The molecule has 0 spiro atoms. The van der Waals surface area contributed by atoms with Gasteiger partial charge in [-0.3, -0.25) is 19.6 Å². The summed E-state index contributed by atoms with van der Waals surface area (Å²) in [6, 6.07) is 4.20. The average molecular weight is 526 g/mol. The highest BCUT2D eigenvalue weighted by atomic mass is 32.2. The highest BCUT2D eigenvalue weighted by Gasteiger charge is 2.31. The Morgan fingerprint density at radius 1 is 1.06 bits per heavy atom. The van der Waals surface area contributed by atoms with E-state index in [2.05, 4.69) is 10.6 Å². The summed E-state index contributed by atoms with van der Waals surface area (Å²) < 4.78 is 5.23. The number of imide groups is 1. The number of hydrogen-bond donors (Lipinski definition) is 4. The number of amides is 4. The van der Waals surface area contributed by atoms with Crippen LogP contribution in [0.15, 0.2) is 29.2 Å². The third-order valence-electron chi connectivity index (χ3n) is 5.05. The van der Waals surface area contributed by atoms with Gasteiger partial charge in [-0.2, -0.15) is 0 Å². The Hall–Kier alpha value is -2.79. The summed E-state index contributed by atoms with van der Waals surface area (Å²) >= 11 is 1.37. The number of carbonyl (C=O) groups excluding carboxylic acids is 4. The number of phenols is 1. The lowest BCUT2D eigenvalue weighted by Crippen LogP contribution is -2.52. The van der Waals surface area contributed by atoms with Gasteiger partial charge in [-0.1, -0.05) is 20.3 Å². The molecule has 0 aliphatic rings. The summed E-state index contributed by atoms with van der Waals surface area (Å²) in [5.74, 6) is -1.83. The van der Waals surface area contributed by atoms with Crippen LogP contribution in [0.25, 0.3) is 0 Å². The minimum atomic E-state index is -1.15. The largest absolute Gasteiger partial charge is 0.508 e. The fourth-order valence-corrected chi connectivity index (χ4v) is 4.16. The van der Waals surface area contributed by atoms with Gasteiger partial charge >= 0.3 is 12.0 Å². The fraction of sp³-hybridized carbons (Fsp3) is 0.600. The smallest absolute Gasteiger partial charge is 0.349 e. The first-order chi connectivity index (χ1) is 16.7. The predicted octanol–water partition coefficient (Wildman–Crippen LogP) is 3.70. The molecule has 0 unspecified atom stereocenters. The van der Waals surface area contributed by atoms with Crippen molar-refractivity contribution < 1.29 is 34.2 Å². The van der Waals surface area contributed by atoms with Gasteiger partial charge in [-0.25, -0.2) is 4.79 Å². The molecule has 1 rings (SSSR count). The van der Waals surface area contributed by atoms with Crippen LogP contribution in [0.2, 0.25) is 0 Å². The number of nitrogens with zero attached hydrogens (tertiary/aromatic N) is 1. The zero-order valence-electron chi connectivity index (χ0n) is 21.9. The molecule has 1 aromatic carbocycles. The molecule has 0 aliphatic heterocycles. The number of carbonyl (C=O) groups is 4. The first-order valence-corrected chi connectivity index (χ1v) is 12.9. The maximum atomic E-state index is 13.0. The number of benzene rings is 1. The van der Waals surface area contributed by atoms with Gasteiger partial charge in [0.2, 0.25) is 5.91 Å². The van der Waals surface area contributed by atoms with Crippen LogP contribution in [-0.2, 0) is 19.1 Å². The van der Waals surface area contributed by atoms with E-state index in [0.717, 1.165) is 4.90 Å². The molecule has 0 heterocycles. The second-order valence-electron chi connectivity index (χ2n) is 9.86. The van der Waals surface area contributed by atoms with Crippen LogP contribution >= 0.6 is 11.8 Å². The number of hydrogen-bond acceptors (Lipinski definition) is 8. The lowest BCUT2D eigenvalue weighted by Gasteiger charge is -2.24. The molecule has 0 aromatic heterocycles. The van der Waals surface area contributed by atoms with E-state index < -0.39 is 41.4 Å². The molecule has 0 fully saturated rings. The second kappa shape index (κ2) is 14.7. The maximum absolute atomic E-state index is 13.0. The quantitative estimate of drug-likeness (QED) is 0.140. The van der Waals surface area contributed by atoms with Crippen molar-refractivity contribution in [2.75, 3.05) is 12.8 Å². The second-order valence-corrected chi connectivity index (χ2v) is 11.0. The SMILES string of the molecule is CNC(=O)[C@H](CCC(=O)OC(C)(C)C)NC(=O)N(O)C(=O)[C@H](CCC(C)C)CSc1ccc(O)cc1. The molecule has 1 aromatic rings. The first-order valence-electron chi connectivity index (χ1n) is 11.9. The van der Waals surface area contributed by atoms with Gasteiger partial charge < -0.3 is 20.5 Å². The number of nitrogens with one attached hydrogen (secondary N) is 2. The summed E-state index contributed by atoms with van der Waals surface area (Å²) in [4.78, 5) is 50.8. The zero-order chi connectivity index (χ0) is 27.5. The van der Waals surface area contributed by atoms with Crippen molar-refractivity contribution in [3.8, 4) is 5.75 Å². The van der Waals surface area contributed by atoms with Gasteiger partial charge in [-0.15, -0.1) is 16.8 Å². The monoisotopic (exact) mass is 525 g/mol. The van der Waals surface area contributed by atoms with Crippen LogP contribution in [0.3, 0.4) is 0 Å². The van der Waals surface area contributed by atoms with Gasteiger partial charge in [-0.05, 0) is 63.8 Å². The lowest BCUT2D eigenvalue weighted by atomic mass is 9.98. The van der Waals surface area contributed by atoms with Crippen LogP contribution in [0.4, 0.5) is 4.79 Å². The Bertz CT molecular complexity index is 885. The number of urea groups is 1. The Morgan fingerprint density at radius 2 is 1.67 bits per heavy atom. The van der Waals surface area contributed by atoms with E-state index in [0.29, 0.717) is 24.5 Å². The van der Waals surface area contributed by atoms with Gasteiger partial charge in [0.1, 0.15) is 17.4 Å². The van der Waals surface area contributed by atoms with E-state index in [1.807, 2.05) is 13.8 Å². The van der Waals surface area contributed by atoms with Gasteiger partial charge in [0.15, 0.2) is 0 Å². The molecule has 4 N–H and O–H groups in total. The molecule has 0 saturated heterocycles. The first kappa shape index (κ1) is 31.2. The van der Waals surface area contributed by atoms with Crippen molar-refractivity contribution in [2.24, 2.45) is 11.8 Å². The Balaban J connectivity index is 2.85. The van der Waals surface area contributed by atoms with Crippen LogP contribution in [0.1, 0.15) is 60.3 Å². The fourth-order valence-electron chi connectivity index (χ4n) is 3.13. The number of phenolic OH excluding ortho intramolecular Hbond substituents is 1. The van der Waals surface area contributed by atoms with E-state index in [-0.39, 0.29) is 23.7 Å². The van der Waals surface area contributed by atoms with Crippen LogP contribution in [-0.4, -0.2) is 63.6 Å². The predicted molar refractivity (Wildman–Crippen MR) is 136 cm³/mol. The molecule has 2 atom stereocenters. The minimum absolute atomic E-state index is 0.00574. The van der Waals surface area contributed by atoms with Crippen molar-refractivity contribution in [3.05, 3.63) is 24.3 Å². The van der Waals surface area contributed by atoms with Gasteiger partial charge in [0.05, 0.1) is 5.92 Å². The van der Waals surface area contributed by atoms with E-state index in [1.165, 1.54) is 30.9 Å². The van der Waals surface area contributed by atoms with E-state index >= 15 is 0 Å². The molecular formula is C25H39N3O7S. The van der Waals surface area contributed by atoms with Crippen LogP contribution in [0.5, 0.6) is 5.75 Å². The van der Waals surface area contributed by atoms with Crippen molar-refractivity contribution >= 4 is 35.6 Å². The normalized spacial score (nSPS) is 13.0. The summed E-state index contributed by atoms with van der Waals surface area (Å²) in [7, 11) is 1.37. The molecular weight excluding hydrogens is 486 g/mol. The molecule has 0 aliphatic carbocycles. The summed E-state index contributed by atoms with van der Waals surface area (Å²) in [6.07, 6.45) is 0.938. The van der Waals surface area contributed by atoms with Crippen molar-refractivity contribution in [2.45, 2.75) is 76.8 Å². The van der Waals surface area contributed by atoms with Crippen molar-refractivity contribution in [3.63, 3.8) is 0 Å². The molecule has 10 nitrogen and oxygen atoms in total. The number of esters is 1. The van der Waals surface area contributed by atoms with E-state index in [9.17, 15) is 29.5 Å². The molecule has 0 radical (unpaired) electrons. The third-order valence-corrected chi connectivity index (χ3v) is 6.22. The Labute approximate surface area is 217 Å². The van der Waals surface area contributed by atoms with E-state index in [1.54, 1.807) is 32.9 Å². The summed E-state index contributed by atoms with van der Waals surface area (Å²) in [5, 5.41) is 24.6. The molecule has 36 heavy (non-hydrogen) atoms. The number of ether oxygens (including phenoxy) is 1. The Kier molecular flexibility index (Phi) is 12.8. The standard InChI is InChI=1S/C25H39N3O7S/c1-16(2)7-8-17(15-36-19-11-9-18(29)10-12-19)23(32)28(34)24(33)27-20(22(31)26-6)13-14-21(30)35-25(3,4)5/h9-12,16-17,20,29,34H,7-8,13-15H2,1-6H3,(H,26,31)(H,27,33)/t17-,20+/m1/s1. The lowest BCUT2D eigenvalue weighted by molar-refractivity contribution is -0.158. The number of aromatic hydroxyl groups is 1. The molecule has 4 amide bonds. The zero-order valence-corrected chi connectivity index (χ0v) is 22.7. The summed E-state index contributed by atoms with van der Waals surface area (Å²) in [5.41, 5.74) is -0.694. The number of hydroxylamine groups is 2. The highest BCUT2D eigenvalue weighted by Crippen LogP contribution is 2.26. The molecule has 0 saturated carbocycles. The van der Waals surface area contributed by atoms with Gasteiger partial charge in [0, 0.05) is 24.1 Å². The molecule has 11 heteroatoms. The van der Waals surface area contributed by atoms with Gasteiger partial charge in [0.25, 0.3) is 5.91 Å². The van der Waals surface area contributed by atoms with Crippen molar-refractivity contribution in [1.29, 1.82) is 0 Å². The number of rotatable bonds is 12. The van der Waals surface area contributed by atoms with E-state index in [4.69, 9.17) is 4.74 Å². The number of thioether (sulfide) groups is 1. The topological polar surface area (TPSA) is 145 Å². The van der Waals surface area contributed by atoms with Crippen LogP contribution in [0, 0.1) is 11.8 Å². The van der Waals surface area contributed by atoms with Crippen LogP contribution < -0.4 is 10.6 Å². The molecule has 202 valence electrons. The minimum Gasteiger partial charge on any atom is -0.508 e.